The zero-order chi connectivity index (χ0) is 41.0. The molecule has 1 aromatic heterocycles. The Balaban J connectivity index is 1.01. The third-order valence-corrected chi connectivity index (χ3v) is 12.6. The smallest absolute Gasteiger partial charge is 0.0541 e. The molecule has 12 rings (SSSR count). The second-order valence-electron chi connectivity index (χ2n) is 16.1. The molecule has 0 amide bonds. The van der Waals surface area contributed by atoms with Crippen molar-refractivity contribution in [1.29, 1.82) is 0 Å². The number of anilines is 3. The lowest BCUT2D eigenvalue weighted by Gasteiger charge is -2.28. The second kappa shape index (κ2) is 14.8. The topological polar surface area (TPSA) is 8.17 Å². The van der Waals surface area contributed by atoms with E-state index in [1.807, 2.05) is 0 Å². The summed E-state index contributed by atoms with van der Waals surface area (Å²) in [4.78, 5) is 2.42. The minimum absolute atomic E-state index is 1.10. The Bertz CT molecular complexity index is 3480. The van der Waals surface area contributed by atoms with E-state index in [-0.39, 0.29) is 0 Å². The molecule has 0 unspecified atom stereocenters. The summed E-state index contributed by atoms with van der Waals surface area (Å²) in [6, 6.07) is 88.5. The predicted molar refractivity (Wildman–Crippen MR) is 264 cm³/mol. The maximum absolute atomic E-state index is 2.42. The summed E-state index contributed by atoms with van der Waals surface area (Å²) < 4.78 is 2.38. The van der Waals surface area contributed by atoms with Crippen LogP contribution in [0.4, 0.5) is 17.1 Å². The van der Waals surface area contributed by atoms with Crippen LogP contribution in [0.2, 0.25) is 0 Å². The largest absolute Gasteiger partial charge is 0.310 e. The highest BCUT2D eigenvalue weighted by atomic mass is 15.1. The first-order valence-corrected chi connectivity index (χ1v) is 21.3. The summed E-state index contributed by atoms with van der Waals surface area (Å²) in [5.41, 5.74) is 14.2. The van der Waals surface area contributed by atoms with Gasteiger partial charge >= 0.3 is 0 Å². The molecule has 11 aromatic carbocycles. The Hall–Kier alpha value is -8.20. The fourth-order valence-corrected chi connectivity index (χ4v) is 9.69. The van der Waals surface area contributed by atoms with Crippen molar-refractivity contribution in [3.63, 3.8) is 0 Å². The van der Waals surface area contributed by atoms with E-state index in [2.05, 4.69) is 252 Å². The van der Waals surface area contributed by atoms with Gasteiger partial charge in [0.15, 0.2) is 0 Å². The standard InChI is InChI=1S/C60H40N2/c1-2-18-46(19-3-1)62-58-27-11-10-24-56(58)57-40-45(32-38-60(57)62)53-37-39-59(55-23-9-8-22-54(53)55)61(47-33-28-43(29-34-47)51-25-12-16-41-14-4-6-20-49(41)51)48-35-30-44(31-36-48)52-26-13-17-42-15-5-7-21-50(42)52/h1-40H. The Morgan fingerprint density at radius 1 is 0.274 bits per heavy atom. The molecule has 0 spiro atoms. The van der Waals surface area contributed by atoms with Crippen molar-refractivity contribution in [3.8, 4) is 39.1 Å². The minimum Gasteiger partial charge on any atom is -0.310 e. The van der Waals surface area contributed by atoms with E-state index >= 15 is 0 Å². The summed E-state index contributed by atoms with van der Waals surface area (Å²) in [5, 5.41) is 9.90. The molecular formula is C60H40N2. The highest BCUT2D eigenvalue weighted by Crippen LogP contribution is 2.44. The Morgan fingerprint density at radius 3 is 1.37 bits per heavy atom. The lowest BCUT2D eigenvalue weighted by Crippen LogP contribution is -2.10. The van der Waals surface area contributed by atoms with Gasteiger partial charge in [-0.2, -0.15) is 0 Å². The van der Waals surface area contributed by atoms with Crippen LogP contribution in [0.5, 0.6) is 0 Å². The molecule has 0 atom stereocenters. The molecule has 0 saturated carbocycles. The molecule has 2 nitrogen and oxygen atoms in total. The summed E-state index contributed by atoms with van der Waals surface area (Å²) in [6.45, 7) is 0. The molecular weight excluding hydrogens is 749 g/mol. The number of benzene rings is 11. The van der Waals surface area contributed by atoms with E-state index in [4.69, 9.17) is 0 Å². The van der Waals surface area contributed by atoms with Gasteiger partial charge in [0.2, 0.25) is 0 Å². The van der Waals surface area contributed by atoms with Crippen LogP contribution < -0.4 is 4.90 Å². The summed E-state index contributed by atoms with van der Waals surface area (Å²) in [6.07, 6.45) is 0. The highest BCUT2D eigenvalue weighted by molar-refractivity contribution is 6.13. The van der Waals surface area contributed by atoms with Crippen LogP contribution in [-0.4, -0.2) is 4.57 Å². The number of hydrogen-bond acceptors (Lipinski definition) is 1. The van der Waals surface area contributed by atoms with Gasteiger partial charge in [-0.05, 0) is 121 Å². The van der Waals surface area contributed by atoms with Crippen LogP contribution in [0, 0.1) is 0 Å². The summed E-state index contributed by atoms with van der Waals surface area (Å²) >= 11 is 0. The van der Waals surface area contributed by atoms with Crippen LogP contribution in [-0.2, 0) is 0 Å². The lowest BCUT2D eigenvalue weighted by molar-refractivity contribution is 1.18. The number of para-hydroxylation sites is 2. The van der Waals surface area contributed by atoms with Crippen LogP contribution in [0.3, 0.4) is 0 Å². The van der Waals surface area contributed by atoms with E-state index < -0.39 is 0 Å². The molecule has 1 heterocycles. The third kappa shape index (κ3) is 5.96. The number of nitrogens with zero attached hydrogens (tertiary/aromatic N) is 2. The van der Waals surface area contributed by atoms with Gasteiger partial charge in [-0.1, -0.05) is 182 Å². The SMILES string of the molecule is c1ccc(-n2c3ccccc3c3cc(-c4ccc(N(c5ccc(-c6cccc7ccccc67)cc5)c5ccc(-c6cccc7ccccc67)cc5)c5ccccc45)ccc32)cc1. The van der Waals surface area contributed by atoms with Gasteiger partial charge in [-0.25, -0.2) is 0 Å². The maximum atomic E-state index is 2.42. The van der Waals surface area contributed by atoms with Gasteiger partial charge in [0.25, 0.3) is 0 Å². The Labute approximate surface area is 360 Å². The first-order valence-electron chi connectivity index (χ1n) is 21.3. The minimum atomic E-state index is 1.10. The number of aromatic nitrogens is 1. The van der Waals surface area contributed by atoms with Gasteiger partial charge in [0, 0.05) is 33.2 Å². The van der Waals surface area contributed by atoms with Gasteiger partial charge in [-0.3, -0.25) is 0 Å². The molecule has 0 radical (unpaired) electrons. The van der Waals surface area contributed by atoms with E-state index in [9.17, 15) is 0 Å². The third-order valence-electron chi connectivity index (χ3n) is 12.6. The average molecular weight is 789 g/mol. The molecule has 0 aliphatic rings. The lowest BCUT2D eigenvalue weighted by atomic mass is 9.94. The predicted octanol–water partition coefficient (Wildman–Crippen LogP) is 16.7. The molecule has 290 valence electrons. The fourth-order valence-electron chi connectivity index (χ4n) is 9.69. The Kier molecular flexibility index (Phi) is 8.53. The van der Waals surface area contributed by atoms with E-state index in [0.717, 1.165) is 22.7 Å². The van der Waals surface area contributed by atoms with Crippen molar-refractivity contribution in [2.75, 3.05) is 4.90 Å². The molecule has 0 aliphatic heterocycles. The molecule has 0 saturated heterocycles. The van der Waals surface area contributed by atoms with Crippen molar-refractivity contribution in [2.45, 2.75) is 0 Å². The normalized spacial score (nSPS) is 11.5. The van der Waals surface area contributed by atoms with Crippen LogP contribution in [0.1, 0.15) is 0 Å². The monoisotopic (exact) mass is 788 g/mol. The molecule has 0 bridgehead atoms. The Morgan fingerprint density at radius 2 is 0.742 bits per heavy atom. The van der Waals surface area contributed by atoms with Gasteiger partial charge < -0.3 is 9.47 Å². The van der Waals surface area contributed by atoms with Crippen LogP contribution in [0.15, 0.2) is 243 Å². The number of rotatable bonds is 7. The molecule has 2 heteroatoms. The number of fused-ring (bicyclic) bond motifs is 6. The van der Waals surface area contributed by atoms with Gasteiger partial charge in [0.1, 0.15) is 0 Å². The number of hydrogen-bond donors (Lipinski definition) is 0. The van der Waals surface area contributed by atoms with Crippen molar-refractivity contribution >= 4 is 71.2 Å². The van der Waals surface area contributed by atoms with E-state index in [1.54, 1.807) is 0 Å². The summed E-state index contributed by atoms with van der Waals surface area (Å²) in [7, 11) is 0. The van der Waals surface area contributed by atoms with Crippen molar-refractivity contribution in [3.05, 3.63) is 243 Å². The molecule has 0 N–H and O–H groups in total. The summed E-state index contributed by atoms with van der Waals surface area (Å²) in [5.74, 6) is 0. The fraction of sp³-hybridized carbons (Fsp3) is 0. The van der Waals surface area contributed by atoms with Crippen molar-refractivity contribution in [2.24, 2.45) is 0 Å². The van der Waals surface area contributed by atoms with E-state index in [1.165, 1.54) is 87.5 Å². The first-order chi connectivity index (χ1) is 30.8. The quantitative estimate of drug-likeness (QED) is 0.156. The maximum Gasteiger partial charge on any atom is 0.0541 e. The van der Waals surface area contributed by atoms with E-state index in [0.29, 0.717) is 0 Å². The van der Waals surface area contributed by atoms with Crippen LogP contribution in [0.25, 0.3) is 93.2 Å². The zero-order valence-electron chi connectivity index (χ0n) is 34.0. The molecule has 0 aliphatic carbocycles. The van der Waals surface area contributed by atoms with Crippen molar-refractivity contribution in [1.82, 2.24) is 4.57 Å². The van der Waals surface area contributed by atoms with Crippen LogP contribution >= 0.6 is 0 Å². The van der Waals surface area contributed by atoms with Crippen molar-refractivity contribution < 1.29 is 0 Å². The molecule has 12 aromatic rings. The molecule has 62 heavy (non-hydrogen) atoms. The second-order valence-corrected chi connectivity index (χ2v) is 16.1. The van der Waals surface area contributed by atoms with Gasteiger partial charge in [0.05, 0.1) is 16.7 Å². The molecule has 0 fully saturated rings. The highest BCUT2D eigenvalue weighted by Gasteiger charge is 2.20. The van der Waals surface area contributed by atoms with Gasteiger partial charge in [-0.15, -0.1) is 0 Å². The first kappa shape index (κ1) is 35.7. The zero-order valence-corrected chi connectivity index (χ0v) is 34.0. The average Bonchev–Trinajstić information content (AvgIpc) is 3.68.